The van der Waals surface area contributed by atoms with Gasteiger partial charge in [0.15, 0.2) is 0 Å². The highest BCUT2D eigenvalue weighted by molar-refractivity contribution is 6.33. The van der Waals surface area contributed by atoms with Crippen LogP contribution in [0.2, 0.25) is 5.02 Å². The molecule has 0 N–H and O–H groups in total. The predicted octanol–water partition coefficient (Wildman–Crippen LogP) is 3.98. The largest absolute Gasteiger partial charge is 0.360 e. The zero-order chi connectivity index (χ0) is 15.4. The van der Waals surface area contributed by atoms with E-state index >= 15 is 0 Å². The molecule has 6 heteroatoms. The van der Waals surface area contributed by atoms with Gasteiger partial charge < -0.3 is 4.90 Å². The highest BCUT2D eigenvalue weighted by atomic mass is 35.5. The lowest BCUT2D eigenvalue weighted by Gasteiger charge is -2.22. The Morgan fingerprint density at radius 3 is 2.62 bits per heavy atom. The third-order valence-electron chi connectivity index (χ3n) is 3.17. The molecule has 1 aromatic heterocycles. The van der Waals surface area contributed by atoms with Crippen molar-refractivity contribution in [3.05, 3.63) is 62.9 Å². The Bertz CT molecular complexity index is 661. The molecule has 2 rings (SSSR count). The van der Waals surface area contributed by atoms with Crippen LogP contribution in [0.4, 0.5) is 11.4 Å². The molecule has 0 radical (unpaired) electrons. The van der Waals surface area contributed by atoms with Gasteiger partial charge in [-0.05, 0) is 38.1 Å². The zero-order valence-corrected chi connectivity index (χ0v) is 12.7. The number of aromatic nitrogens is 1. The summed E-state index contributed by atoms with van der Waals surface area (Å²) in [7, 11) is 0. The van der Waals surface area contributed by atoms with E-state index in [1.54, 1.807) is 12.1 Å². The molecule has 1 aromatic carbocycles. The monoisotopic (exact) mass is 305 g/mol. The SMILES string of the molecule is CCN(Cc1cccc(C)n1)c1cccc(Cl)c1[N+](=O)[O-]. The van der Waals surface area contributed by atoms with Gasteiger partial charge in [0.25, 0.3) is 0 Å². The number of nitro groups is 1. The minimum absolute atomic E-state index is 0.0614. The van der Waals surface area contributed by atoms with Crippen molar-refractivity contribution >= 4 is 23.0 Å². The van der Waals surface area contributed by atoms with Crippen LogP contribution in [-0.4, -0.2) is 16.5 Å². The summed E-state index contributed by atoms with van der Waals surface area (Å²) in [6.07, 6.45) is 0. The first-order valence-corrected chi connectivity index (χ1v) is 7.01. The molecule has 0 aliphatic carbocycles. The molecule has 0 aliphatic rings. The van der Waals surface area contributed by atoms with Crippen molar-refractivity contribution in [2.75, 3.05) is 11.4 Å². The number of para-hydroxylation sites is 1. The fourth-order valence-corrected chi connectivity index (χ4v) is 2.43. The van der Waals surface area contributed by atoms with Gasteiger partial charge in [0.05, 0.1) is 17.2 Å². The molecule has 21 heavy (non-hydrogen) atoms. The van der Waals surface area contributed by atoms with E-state index in [1.807, 2.05) is 36.9 Å². The Morgan fingerprint density at radius 1 is 1.29 bits per heavy atom. The van der Waals surface area contributed by atoms with E-state index < -0.39 is 4.92 Å². The van der Waals surface area contributed by atoms with Gasteiger partial charge in [-0.2, -0.15) is 0 Å². The minimum Gasteiger partial charge on any atom is -0.360 e. The number of hydrogen-bond donors (Lipinski definition) is 0. The summed E-state index contributed by atoms with van der Waals surface area (Å²) in [6.45, 7) is 4.98. The molecule has 1 heterocycles. The maximum atomic E-state index is 11.2. The number of anilines is 1. The Morgan fingerprint density at radius 2 is 2.00 bits per heavy atom. The van der Waals surface area contributed by atoms with Gasteiger partial charge in [0.2, 0.25) is 0 Å². The number of hydrogen-bond acceptors (Lipinski definition) is 4. The molecule has 0 fully saturated rings. The molecule has 0 aliphatic heterocycles. The number of rotatable bonds is 5. The Labute approximate surface area is 128 Å². The van der Waals surface area contributed by atoms with Crippen LogP contribution in [0.1, 0.15) is 18.3 Å². The van der Waals surface area contributed by atoms with Crippen molar-refractivity contribution in [1.82, 2.24) is 4.98 Å². The first-order chi connectivity index (χ1) is 10.0. The molecule has 0 atom stereocenters. The van der Waals surface area contributed by atoms with Gasteiger partial charge in [0.1, 0.15) is 10.7 Å². The van der Waals surface area contributed by atoms with Crippen molar-refractivity contribution in [3.8, 4) is 0 Å². The molecule has 5 nitrogen and oxygen atoms in total. The van der Waals surface area contributed by atoms with Crippen LogP contribution < -0.4 is 4.90 Å². The lowest BCUT2D eigenvalue weighted by atomic mass is 10.2. The summed E-state index contributed by atoms with van der Waals surface area (Å²) in [6, 6.07) is 10.7. The van der Waals surface area contributed by atoms with Gasteiger partial charge in [-0.25, -0.2) is 0 Å². The molecule has 0 unspecified atom stereocenters. The summed E-state index contributed by atoms with van der Waals surface area (Å²) < 4.78 is 0. The average Bonchev–Trinajstić information content (AvgIpc) is 2.44. The first kappa shape index (κ1) is 15.3. The van der Waals surface area contributed by atoms with Crippen LogP contribution in [0.15, 0.2) is 36.4 Å². The number of aryl methyl sites for hydroxylation is 1. The maximum absolute atomic E-state index is 11.2. The molecule has 110 valence electrons. The van der Waals surface area contributed by atoms with Gasteiger partial charge in [-0.15, -0.1) is 0 Å². The van der Waals surface area contributed by atoms with Crippen LogP contribution in [0.5, 0.6) is 0 Å². The third-order valence-corrected chi connectivity index (χ3v) is 3.47. The highest BCUT2D eigenvalue weighted by Gasteiger charge is 2.22. The van der Waals surface area contributed by atoms with Crippen molar-refractivity contribution in [2.24, 2.45) is 0 Å². The Kier molecular flexibility index (Phi) is 4.75. The van der Waals surface area contributed by atoms with Crippen LogP contribution in [0, 0.1) is 17.0 Å². The van der Waals surface area contributed by atoms with Crippen molar-refractivity contribution in [3.63, 3.8) is 0 Å². The summed E-state index contributed by atoms with van der Waals surface area (Å²) >= 11 is 5.97. The molecular weight excluding hydrogens is 290 g/mol. The minimum atomic E-state index is -0.440. The maximum Gasteiger partial charge on any atom is 0.310 e. The lowest BCUT2D eigenvalue weighted by Crippen LogP contribution is -2.23. The number of halogens is 1. The summed E-state index contributed by atoms with van der Waals surface area (Å²) in [5, 5.41) is 11.4. The second-order valence-corrected chi connectivity index (χ2v) is 5.06. The van der Waals surface area contributed by atoms with E-state index in [0.29, 0.717) is 18.8 Å². The van der Waals surface area contributed by atoms with Crippen LogP contribution in [0.3, 0.4) is 0 Å². The van der Waals surface area contributed by atoms with E-state index in [4.69, 9.17) is 11.6 Å². The molecule has 0 bridgehead atoms. The number of nitro benzene ring substituents is 1. The Balaban J connectivity index is 2.38. The van der Waals surface area contributed by atoms with Crippen molar-refractivity contribution in [2.45, 2.75) is 20.4 Å². The van der Waals surface area contributed by atoms with E-state index in [9.17, 15) is 10.1 Å². The van der Waals surface area contributed by atoms with E-state index in [2.05, 4.69) is 4.98 Å². The second kappa shape index (κ2) is 6.54. The first-order valence-electron chi connectivity index (χ1n) is 6.63. The molecular formula is C15H16ClN3O2. The fraction of sp³-hybridized carbons (Fsp3) is 0.267. The number of benzene rings is 1. The van der Waals surface area contributed by atoms with Crippen molar-refractivity contribution < 1.29 is 4.92 Å². The average molecular weight is 306 g/mol. The van der Waals surface area contributed by atoms with Crippen LogP contribution in [-0.2, 0) is 6.54 Å². The number of pyridine rings is 1. The third kappa shape index (κ3) is 3.49. The number of nitrogens with zero attached hydrogens (tertiary/aromatic N) is 3. The molecule has 0 saturated heterocycles. The molecule has 0 saturated carbocycles. The van der Waals surface area contributed by atoms with Gasteiger partial charge in [-0.1, -0.05) is 23.7 Å². The highest BCUT2D eigenvalue weighted by Crippen LogP contribution is 2.35. The second-order valence-electron chi connectivity index (χ2n) is 4.65. The molecule has 0 amide bonds. The predicted molar refractivity (Wildman–Crippen MR) is 83.8 cm³/mol. The van der Waals surface area contributed by atoms with Crippen LogP contribution in [0.25, 0.3) is 0 Å². The van der Waals surface area contributed by atoms with Gasteiger partial charge in [0, 0.05) is 12.2 Å². The lowest BCUT2D eigenvalue weighted by molar-refractivity contribution is -0.384. The fourth-order valence-electron chi connectivity index (χ4n) is 2.19. The normalized spacial score (nSPS) is 10.4. The summed E-state index contributed by atoms with van der Waals surface area (Å²) in [5.41, 5.74) is 2.24. The summed E-state index contributed by atoms with van der Waals surface area (Å²) in [5.74, 6) is 0. The summed E-state index contributed by atoms with van der Waals surface area (Å²) in [4.78, 5) is 17.1. The quantitative estimate of drug-likeness (QED) is 0.619. The topological polar surface area (TPSA) is 59.3 Å². The van der Waals surface area contributed by atoms with Gasteiger partial charge in [-0.3, -0.25) is 15.1 Å². The van der Waals surface area contributed by atoms with Crippen LogP contribution >= 0.6 is 11.6 Å². The smallest absolute Gasteiger partial charge is 0.310 e. The van der Waals surface area contributed by atoms with Gasteiger partial charge >= 0.3 is 5.69 Å². The standard InChI is InChI=1S/C15H16ClN3O2/c1-3-18(10-12-7-4-6-11(2)17-12)14-9-5-8-13(16)15(14)19(20)21/h4-9H,3,10H2,1-2H3. The molecule has 0 spiro atoms. The molecule has 2 aromatic rings. The van der Waals surface area contributed by atoms with E-state index in [-0.39, 0.29) is 10.7 Å². The Hall–Kier alpha value is -2.14. The zero-order valence-electron chi connectivity index (χ0n) is 11.9. The van der Waals surface area contributed by atoms with E-state index in [0.717, 1.165) is 11.4 Å². The van der Waals surface area contributed by atoms with Crippen molar-refractivity contribution in [1.29, 1.82) is 0 Å². The van der Waals surface area contributed by atoms with E-state index in [1.165, 1.54) is 6.07 Å².